The fourth-order valence-electron chi connectivity index (χ4n) is 2.49. The van der Waals surface area contributed by atoms with Crippen LogP contribution in [-0.4, -0.2) is 55.8 Å². The van der Waals surface area contributed by atoms with Gasteiger partial charge in [-0.25, -0.2) is 0 Å². The highest BCUT2D eigenvalue weighted by Gasteiger charge is 2.23. The molecule has 1 aliphatic rings. The molecule has 1 fully saturated rings. The van der Waals surface area contributed by atoms with Crippen LogP contribution in [0.2, 0.25) is 0 Å². The molecule has 1 amide bonds. The molecule has 0 radical (unpaired) electrons. The Balaban J connectivity index is 0.000000234. The molecule has 0 spiro atoms. The summed E-state index contributed by atoms with van der Waals surface area (Å²) >= 11 is 0. The van der Waals surface area contributed by atoms with Gasteiger partial charge < -0.3 is 29.8 Å². The topological polar surface area (TPSA) is 138 Å². The molecule has 0 aromatic heterocycles. The van der Waals surface area contributed by atoms with Crippen molar-refractivity contribution in [1.29, 1.82) is 0 Å². The van der Waals surface area contributed by atoms with E-state index in [4.69, 9.17) is 24.7 Å². The minimum absolute atomic E-state index is 0.123. The van der Waals surface area contributed by atoms with E-state index in [0.29, 0.717) is 57.7 Å². The highest BCUT2D eigenvalue weighted by atomic mass is 16.6. The summed E-state index contributed by atoms with van der Waals surface area (Å²) in [5.74, 6) is 0.599. The van der Waals surface area contributed by atoms with Crippen LogP contribution in [-0.2, 0) is 19.1 Å². The molecule has 1 heterocycles. The summed E-state index contributed by atoms with van der Waals surface area (Å²) in [4.78, 5) is 32.1. The maximum atomic E-state index is 11.3. The standard InChI is InChI=1S/C13H16O4.C11H13NO4/c14-13(17-10-12-9-16-12)7-4-8-15-11-5-2-1-3-6-11;12-11(15)2-1-5-16-9-4-3-8(7-13)10(14)6-9/h1-3,5-6,12H,4,7-10H2;3-4,6-7,14H,1-2,5H2,(H2,12,15). The minimum Gasteiger partial charge on any atom is -0.507 e. The van der Waals surface area contributed by atoms with Gasteiger partial charge in [0.2, 0.25) is 5.91 Å². The number of ether oxygens (including phenoxy) is 4. The van der Waals surface area contributed by atoms with Crippen molar-refractivity contribution in [2.45, 2.75) is 31.8 Å². The Morgan fingerprint density at radius 3 is 2.30 bits per heavy atom. The molecule has 1 unspecified atom stereocenters. The van der Waals surface area contributed by atoms with Gasteiger partial charge >= 0.3 is 5.97 Å². The summed E-state index contributed by atoms with van der Waals surface area (Å²) in [7, 11) is 0. The van der Waals surface area contributed by atoms with Crippen LogP contribution in [0.5, 0.6) is 17.2 Å². The van der Waals surface area contributed by atoms with Crippen molar-refractivity contribution in [1.82, 2.24) is 0 Å². The zero-order valence-electron chi connectivity index (χ0n) is 18.3. The van der Waals surface area contributed by atoms with Gasteiger partial charge in [-0.15, -0.1) is 0 Å². The monoisotopic (exact) mass is 459 g/mol. The Kier molecular flexibility index (Phi) is 11.3. The Morgan fingerprint density at radius 2 is 1.70 bits per heavy atom. The van der Waals surface area contributed by atoms with Gasteiger partial charge in [0.25, 0.3) is 0 Å². The van der Waals surface area contributed by atoms with Gasteiger partial charge in [-0.1, -0.05) is 18.2 Å². The van der Waals surface area contributed by atoms with Crippen molar-refractivity contribution in [2.75, 3.05) is 26.4 Å². The molecule has 3 rings (SSSR count). The first-order valence-electron chi connectivity index (χ1n) is 10.6. The van der Waals surface area contributed by atoms with Crippen molar-refractivity contribution < 1.29 is 38.4 Å². The molecule has 1 atom stereocenters. The van der Waals surface area contributed by atoms with E-state index in [1.807, 2.05) is 30.3 Å². The first-order valence-corrected chi connectivity index (χ1v) is 10.6. The van der Waals surface area contributed by atoms with Crippen LogP contribution in [0.25, 0.3) is 0 Å². The summed E-state index contributed by atoms with van der Waals surface area (Å²) in [6.45, 7) is 1.96. The third kappa shape index (κ3) is 11.6. The molecular weight excluding hydrogens is 430 g/mol. The Hall–Kier alpha value is -3.59. The number of esters is 1. The van der Waals surface area contributed by atoms with Crippen molar-refractivity contribution in [2.24, 2.45) is 5.73 Å². The van der Waals surface area contributed by atoms with E-state index in [0.717, 1.165) is 5.75 Å². The first kappa shape index (κ1) is 25.7. The van der Waals surface area contributed by atoms with E-state index in [2.05, 4.69) is 0 Å². The van der Waals surface area contributed by atoms with Crippen molar-refractivity contribution in [3.63, 3.8) is 0 Å². The first-order chi connectivity index (χ1) is 16.0. The molecule has 0 saturated carbocycles. The van der Waals surface area contributed by atoms with Crippen molar-refractivity contribution in [3.8, 4) is 17.2 Å². The lowest BCUT2D eigenvalue weighted by molar-refractivity contribution is -0.144. The van der Waals surface area contributed by atoms with Gasteiger partial charge in [-0.2, -0.15) is 0 Å². The summed E-state index contributed by atoms with van der Waals surface area (Å²) in [6.07, 6.45) is 2.54. The number of aldehydes is 1. The molecule has 1 aliphatic heterocycles. The Morgan fingerprint density at radius 1 is 1.03 bits per heavy atom. The Labute approximate surface area is 192 Å². The van der Waals surface area contributed by atoms with E-state index in [1.165, 1.54) is 12.1 Å². The minimum atomic E-state index is -0.372. The summed E-state index contributed by atoms with van der Waals surface area (Å²) < 4.78 is 20.7. The Bertz CT molecular complexity index is 883. The zero-order chi connectivity index (χ0) is 23.9. The van der Waals surface area contributed by atoms with Crippen LogP contribution < -0.4 is 15.2 Å². The number of epoxide rings is 1. The van der Waals surface area contributed by atoms with Gasteiger partial charge in [-0.3, -0.25) is 14.4 Å². The van der Waals surface area contributed by atoms with E-state index >= 15 is 0 Å². The number of aromatic hydroxyl groups is 1. The number of primary amides is 1. The molecule has 0 aliphatic carbocycles. The van der Waals surface area contributed by atoms with Crippen molar-refractivity contribution in [3.05, 3.63) is 54.1 Å². The number of phenols is 1. The second-order valence-electron chi connectivity index (χ2n) is 7.16. The fourth-order valence-corrected chi connectivity index (χ4v) is 2.49. The number of rotatable bonds is 13. The largest absolute Gasteiger partial charge is 0.507 e. The lowest BCUT2D eigenvalue weighted by Gasteiger charge is -2.06. The van der Waals surface area contributed by atoms with Crippen LogP contribution in [0.3, 0.4) is 0 Å². The van der Waals surface area contributed by atoms with Gasteiger partial charge in [0, 0.05) is 18.9 Å². The molecular formula is C24H29NO8. The number of hydrogen-bond donors (Lipinski definition) is 2. The average Bonchev–Trinajstić information content (AvgIpc) is 3.64. The predicted molar refractivity (Wildman–Crippen MR) is 119 cm³/mol. The molecule has 1 saturated heterocycles. The second-order valence-corrected chi connectivity index (χ2v) is 7.16. The van der Waals surface area contributed by atoms with Crippen LogP contribution in [0.15, 0.2) is 48.5 Å². The van der Waals surface area contributed by atoms with E-state index in [1.54, 1.807) is 6.07 Å². The number of para-hydroxylation sites is 1. The smallest absolute Gasteiger partial charge is 0.306 e. The highest BCUT2D eigenvalue weighted by molar-refractivity contribution is 5.79. The van der Waals surface area contributed by atoms with Crippen LogP contribution >= 0.6 is 0 Å². The van der Waals surface area contributed by atoms with E-state index < -0.39 is 0 Å². The third-order valence-corrected chi connectivity index (χ3v) is 4.33. The number of amides is 1. The molecule has 2 aromatic carbocycles. The summed E-state index contributed by atoms with van der Waals surface area (Å²) in [5, 5.41) is 9.35. The molecule has 9 nitrogen and oxygen atoms in total. The predicted octanol–water partition coefficient (Wildman–Crippen LogP) is 2.64. The van der Waals surface area contributed by atoms with Crippen LogP contribution in [0.1, 0.15) is 36.0 Å². The molecule has 3 N–H and O–H groups in total. The van der Waals surface area contributed by atoms with Gasteiger partial charge in [0.1, 0.15) is 30.0 Å². The molecule has 0 bridgehead atoms. The molecule has 33 heavy (non-hydrogen) atoms. The second kappa shape index (κ2) is 14.5. The van der Waals surface area contributed by atoms with Crippen LogP contribution in [0.4, 0.5) is 0 Å². The zero-order valence-corrected chi connectivity index (χ0v) is 18.3. The van der Waals surface area contributed by atoms with Gasteiger partial charge in [0.15, 0.2) is 6.29 Å². The van der Waals surface area contributed by atoms with Crippen LogP contribution in [0, 0.1) is 0 Å². The fraction of sp³-hybridized carbons (Fsp3) is 0.375. The maximum absolute atomic E-state index is 11.3. The number of nitrogens with two attached hydrogens (primary N) is 1. The number of benzene rings is 2. The SMILES string of the molecule is NC(=O)CCCOc1ccc(C=O)c(O)c1.O=C(CCCOc1ccccc1)OCC1CO1. The van der Waals surface area contributed by atoms with E-state index in [-0.39, 0.29) is 35.7 Å². The molecule has 178 valence electrons. The number of phenolic OH excluding ortho intramolecular Hbond substituents is 1. The maximum Gasteiger partial charge on any atom is 0.306 e. The molecule has 9 heteroatoms. The summed E-state index contributed by atoms with van der Waals surface area (Å²) in [5.41, 5.74) is 5.17. The van der Waals surface area contributed by atoms with Crippen molar-refractivity contribution >= 4 is 18.2 Å². The molecule has 2 aromatic rings. The number of carbonyl (C=O) groups is 3. The highest BCUT2D eigenvalue weighted by Crippen LogP contribution is 2.22. The number of carbonyl (C=O) groups excluding carboxylic acids is 3. The normalized spacial score (nSPS) is 13.8. The summed E-state index contributed by atoms with van der Waals surface area (Å²) in [6, 6.07) is 13.9. The lowest BCUT2D eigenvalue weighted by atomic mass is 10.2. The third-order valence-electron chi connectivity index (χ3n) is 4.33. The average molecular weight is 459 g/mol. The van der Waals surface area contributed by atoms with Gasteiger partial charge in [0.05, 0.1) is 25.4 Å². The number of hydrogen-bond acceptors (Lipinski definition) is 8. The van der Waals surface area contributed by atoms with Gasteiger partial charge in [-0.05, 0) is 37.1 Å². The quantitative estimate of drug-likeness (QED) is 0.202. The lowest BCUT2D eigenvalue weighted by Crippen LogP contribution is -2.11. The van der Waals surface area contributed by atoms with E-state index in [9.17, 15) is 19.5 Å².